The van der Waals surface area contributed by atoms with Crippen LogP contribution in [0.2, 0.25) is 0 Å². The highest BCUT2D eigenvalue weighted by Crippen LogP contribution is 2.26. The van der Waals surface area contributed by atoms with Gasteiger partial charge in [0.05, 0.1) is 0 Å². The molecule has 1 atom stereocenters. The SMILES string of the molecule is CCN(c1ccc(CC(C)N)cn1)C1CCCCC1. The van der Waals surface area contributed by atoms with E-state index < -0.39 is 0 Å². The zero-order valence-electron chi connectivity index (χ0n) is 12.3. The third-order valence-corrected chi connectivity index (χ3v) is 4.02. The minimum Gasteiger partial charge on any atom is -0.354 e. The van der Waals surface area contributed by atoms with Crippen molar-refractivity contribution in [3.05, 3.63) is 23.9 Å². The maximum Gasteiger partial charge on any atom is 0.128 e. The first-order valence-electron chi connectivity index (χ1n) is 7.68. The van der Waals surface area contributed by atoms with Crippen LogP contribution in [0.25, 0.3) is 0 Å². The van der Waals surface area contributed by atoms with Gasteiger partial charge in [0, 0.05) is 24.8 Å². The van der Waals surface area contributed by atoms with Gasteiger partial charge in [-0.05, 0) is 44.7 Å². The van der Waals surface area contributed by atoms with Crippen LogP contribution in [0.1, 0.15) is 51.5 Å². The first kappa shape index (κ1) is 14.3. The first-order chi connectivity index (χ1) is 9.20. The van der Waals surface area contributed by atoms with Gasteiger partial charge in [0.15, 0.2) is 0 Å². The number of rotatable bonds is 5. The minimum absolute atomic E-state index is 0.202. The summed E-state index contributed by atoms with van der Waals surface area (Å²) in [5.74, 6) is 1.13. The molecule has 0 bridgehead atoms. The molecule has 1 saturated carbocycles. The van der Waals surface area contributed by atoms with Crippen molar-refractivity contribution in [3.63, 3.8) is 0 Å². The van der Waals surface area contributed by atoms with E-state index in [9.17, 15) is 0 Å². The molecule has 3 heteroatoms. The largest absolute Gasteiger partial charge is 0.354 e. The lowest BCUT2D eigenvalue weighted by Gasteiger charge is -2.34. The average Bonchev–Trinajstić information content (AvgIpc) is 2.42. The zero-order valence-corrected chi connectivity index (χ0v) is 12.3. The summed E-state index contributed by atoms with van der Waals surface area (Å²) in [4.78, 5) is 7.12. The Balaban J connectivity index is 2.05. The van der Waals surface area contributed by atoms with Crippen LogP contribution in [-0.4, -0.2) is 23.6 Å². The number of nitrogens with zero attached hydrogens (tertiary/aromatic N) is 2. The topological polar surface area (TPSA) is 42.1 Å². The molecule has 19 heavy (non-hydrogen) atoms. The highest BCUT2D eigenvalue weighted by atomic mass is 15.2. The van der Waals surface area contributed by atoms with Crippen molar-refractivity contribution < 1.29 is 0 Å². The van der Waals surface area contributed by atoms with Gasteiger partial charge < -0.3 is 10.6 Å². The molecular formula is C16H27N3. The number of aromatic nitrogens is 1. The van der Waals surface area contributed by atoms with E-state index in [4.69, 9.17) is 5.73 Å². The van der Waals surface area contributed by atoms with Gasteiger partial charge in [0.25, 0.3) is 0 Å². The molecule has 106 valence electrons. The molecule has 1 heterocycles. The van der Waals surface area contributed by atoms with E-state index in [0.29, 0.717) is 6.04 Å². The van der Waals surface area contributed by atoms with Crippen LogP contribution < -0.4 is 10.6 Å². The van der Waals surface area contributed by atoms with Crippen LogP contribution in [0, 0.1) is 0 Å². The standard InChI is InChI=1S/C16H27N3/c1-3-19(15-7-5-4-6-8-15)16-10-9-14(12-18-16)11-13(2)17/h9-10,12-13,15H,3-8,11,17H2,1-2H3. The van der Waals surface area contributed by atoms with Gasteiger partial charge in [-0.3, -0.25) is 0 Å². The fourth-order valence-corrected chi connectivity index (χ4v) is 3.08. The number of hydrogen-bond donors (Lipinski definition) is 1. The smallest absolute Gasteiger partial charge is 0.128 e. The zero-order chi connectivity index (χ0) is 13.7. The van der Waals surface area contributed by atoms with Gasteiger partial charge in [-0.15, -0.1) is 0 Å². The number of anilines is 1. The van der Waals surface area contributed by atoms with Crippen LogP contribution in [0.5, 0.6) is 0 Å². The Labute approximate surface area is 117 Å². The van der Waals surface area contributed by atoms with E-state index >= 15 is 0 Å². The summed E-state index contributed by atoms with van der Waals surface area (Å²) >= 11 is 0. The minimum atomic E-state index is 0.202. The fraction of sp³-hybridized carbons (Fsp3) is 0.688. The summed E-state index contributed by atoms with van der Waals surface area (Å²) in [6, 6.07) is 5.23. The average molecular weight is 261 g/mol. The van der Waals surface area contributed by atoms with Crippen LogP contribution in [0.4, 0.5) is 5.82 Å². The number of nitrogens with two attached hydrogens (primary N) is 1. The van der Waals surface area contributed by atoms with E-state index in [1.54, 1.807) is 0 Å². The summed E-state index contributed by atoms with van der Waals surface area (Å²) in [6.45, 7) is 5.31. The quantitative estimate of drug-likeness (QED) is 0.885. The monoisotopic (exact) mass is 261 g/mol. The van der Waals surface area contributed by atoms with Crippen molar-refractivity contribution in [1.82, 2.24) is 4.98 Å². The molecule has 1 aliphatic rings. The van der Waals surface area contributed by atoms with Crippen molar-refractivity contribution in [1.29, 1.82) is 0 Å². The lowest BCUT2D eigenvalue weighted by molar-refractivity contribution is 0.416. The third-order valence-electron chi connectivity index (χ3n) is 4.02. The Morgan fingerprint density at radius 3 is 2.58 bits per heavy atom. The molecule has 0 spiro atoms. The normalized spacial score (nSPS) is 18.3. The summed E-state index contributed by atoms with van der Waals surface area (Å²) in [5, 5.41) is 0. The molecule has 0 aromatic carbocycles. The number of pyridine rings is 1. The van der Waals surface area contributed by atoms with Gasteiger partial charge in [-0.1, -0.05) is 25.3 Å². The lowest BCUT2D eigenvalue weighted by atomic mass is 9.94. The first-order valence-corrected chi connectivity index (χ1v) is 7.68. The molecule has 0 radical (unpaired) electrons. The van der Waals surface area contributed by atoms with E-state index in [0.717, 1.165) is 18.8 Å². The Hall–Kier alpha value is -1.09. The maximum atomic E-state index is 5.83. The van der Waals surface area contributed by atoms with Gasteiger partial charge in [0.1, 0.15) is 5.82 Å². The summed E-state index contributed by atoms with van der Waals surface area (Å²) in [5.41, 5.74) is 7.06. The van der Waals surface area contributed by atoms with E-state index in [-0.39, 0.29) is 6.04 Å². The van der Waals surface area contributed by atoms with Gasteiger partial charge in [-0.25, -0.2) is 4.98 Å². The summed E-state index contributed by atoms with van der Waals surface area (Å²) in [6.07, 6.45) is 9.66. The van der Waals surface area contributed by atoms with E-state index in [2.05, 4.69) is 28.9 Å². The molecule has 1 aromatic heterocycles. The lowest BCUT2D eigenvalue weighted by Crippen LogP contribution is -2.37. The van der Waals surface area contributed by atoms with Gasteiger partial charge >= 0.3 is 0 Å². The molecule has 0 saturated heterocycles. The highest BCUT2D eigenvalue weighted by molar-refractivity contribution is 5.40. The molecule has 3 nitrogen and oxygen atoms in total. The molecule has 2 rings (SSSR count). The molecule has 1 unspecified atom stereocenters. The van der Waals surface area contributed by atoms with E-state index in [1.165, 1.54) is 37.7 Å². The molecule has 1 aliphatic carbocycles. The van der Waals surface area contributed by atoms with Crippen molar-refractivity contribution in [2.75, 3.05) is 11.4 Å². The van der Waals surface area contributed by atoms with Crippen LogP contribution in [0.3, 0.4) is 0 Å². The van der Waals surface area contributed by atoms with Gasteiger partial charge in [-0.2, -0.15) is 0 Å². The summed E-state index contributed by atoms with van der Waals surface area (Å²) in [7, 11) is 0. The third kappa shape index (κ3) is 3.93. The Kier molecular flexibility index (Phi) is 5.20. The van der Waals surface area contributed by atoms with Crippen molar-refractivity contribution in [3.8, 4) is 0 Å². The predicted octanol–water partition coefficient (Wildman–Crippen LogP) is 3.13. The maximum absolute atomic E-state index is 5.83. The molecule has 0 amide bonds. The van der Waals surface area contributed by atoms with Crippen molar-refractivity contribution in [2.24, 2.45) is 5.73 Å². The predicted molar refractivity (Wildman–Crippen MR) is 81.5 cm³/mol. The molecular weight excluding hydrogens is 234 g/mol. The molecule has 0 aliphatic heterocycles. The Bertz CT molecular complexity index is 366. The van der Waals surface area contributed by atoms with Crippen LogP contribution >= 0.6 is 0 Å². The van der Waals surface area contributed by atoms with Crippen molar-refractivity contribution >= 4 is 5.82 Å². The molecule has 2 N–H and O–H groups in total. The highest BCUT2D eigenvalue weighted by Gasteiger charge is 2.20. The molecule has 1 fully saturated rings. The second-order valence-electron chi connectivity index (χ2n) is 5.78. The summed E-state index contributed by atoms with van der Waals surface area (Å²) < 4.78 is 0. The fourth-order valence-electron chi connectivity index (χ4n) is 3.08. The Morgan fingerprint density at radius 1 is 1.32 bits per heavy atom. The van der Waals surface area contributed by atoms with Crippen LogP contribution in [-0.2, 0) is 6.42 Å². The molecule has 1 aromatic rings. The second-order valence-corrected chi connectivity index (χ2v) is 5.78. The van der Waals surface area contributed by atoms with E-state index in [1.807, 2.05) is 13.1 Å². The van der Waals surface area contributed by atoms with Crippen LogP contribution in [0.15, 0.2) is 18.3 Å². The Morgan fingerprint density at radius 2 is 2.05 bits per heavy atom. The van der Waals surface area contributed by atoms with Crippen molar-refractivity contribution in [2.45, 2.75) is 64.5 Å². The second kappa shape index (κ2) is 6.90. The number of hydrogen-bond acceptors (Lipinski definition) is 3. The van der Waals surface area contributed by atoms with Gasteiger partial charge in [0.2, 0.25) is 0 Å².